The van der Waals surface area contributed by atoms with Gasteiger partial charge in [-0.15, -0.1) is 11.3 Å². The molecule has 182 valence electrons. The number of carbonyl (C=O) groups excluding carboxylic acids is 2. The van der Waals surface area contributed by atoms with Crippen LogP contribution in [-0.2, 0) is 22.6 Å². The summed E-state index contributed by atoms with van der Waals surface area (Å²) in [6.45, 7) is 10.0. The van der Waals surface area contributed by atoms with E-state index in [0.717, 1.165) is 12.0 Å². The van der Waals surface area contributed by atoms with Crippen molar-refractivity contribution in [3.63, 3.8) is 0 Å². The molecule has 0 fully saturated rings. The first-order chi connectivity index (χ1) is 15.8. The second-order valence-electron chi connectivity index (χ2n) is 8.70. The van der Waals surface area contributed by atoms with Crippen molar-refractivity contribution in [3.8, 4) is 11.5 Å². The Kier molecular flexibility index (Phi) is 10.7. The number of nitrogens with zero attached hydrogens (tertiary/aromatic N) is 2. The van der Waals surface area contributed by atoms with Crippen LogP contribution in [0.15, 0.2) is 29.6 Å². The maximum Gasteiger partial charge on any atom is 0.242 e. The molecule has 6 nitrogen and oxygen atoms in total. The zero-order valence-corrected chi connectivity index (χ0v) is 21.7. The zero-order chi connectivity index (χ0) is 24.4. The van der Waals surface area contributed by atoms with Gasteiger partial charge in [0.05, 0.1) is 27.3 Å². The van der Waals surface area contributed by atoms with Crippen molar-refractivity contribution in [2.24, 2.45) is 5.92 Å². The first-order valence-corrected chi connectivity index (χ1v) is 12.5. The van der Waals surface area contributed by atoms with Crippen molar-refractivity contribution < 1.29 is 19.1 Å². The van der Waals surface area contributed by atoms with Gasteiger partial charge in [0.1, 0.15) is 0 Å². The van der Waals surface area contributed by atoms with Crippen molar-refractivity contribution >= 4 is 23.2 Å². The van der Waals surface area contributed by atoms with Crippen LogP contribution in [0.5, 0.6) is 11.5 Å². The normalized spacial score (nSPS) is 10.9. The lowest BCUT2D eigenvalue weighted by atomic mass is 10.1. The quantitative estimate of drug-likeness (QED) is 0.413. The summed E-state index contributed by atoms with van der Waals surface area (Å²) in [4.78, 5) is 30.8. The molecule has 1 aromatic heterocycles. The molecule has 0 saturated heterocycles. The largest absolute Gasteiger partial charge is 0.493 e. The van der Waals surface area contributed by atoms with Gasteiger partial charge < -0.3 is 19.3 Å². The first kappa shape index (κ1) is 26.7. The van der Waals surface area contributed by atoms with E-state index in [0.29, 0.717) is 49.9 Å². The molecule has 0 unspecified atom stereocenters. The monoisotopic (exact) mass is 474 g/mol. The number of carbonyl (C=O) groups is 2. The molecule has 2 amide bonds. The predicted molar refractivity (Wildman–Crippen MR) is 134 cm³/mol. The van der Waals surface area contributed by atoms with E-state index >= 15 is 0 Å². The van der Waals surface area contributed by atoms with Crippen molar-refractivity contribution in [1.29, 1.82) is 0 Å². The minimum atomic E-state index is -0.0200. The molecular formula is C26H38N2O4S. The number of benzene rings is 1. The maximum atomic E-state index is 13.4. The molecule has 2 aromatic rings. The van der Waals surface area contributed by atoms with Gasteiger partial charge in [-0.3, -0.25) is 9.59 Å². The summed E-state index contributed by atoms with van der Waals surface area (Å²) >= 11 is 1.66. The smallest absolute Gasteiger partial charge is 0.242 e. The molecule has 0 aliphatic rings. The van der Waals surface area contributed by atoms with Crippen LogP contribution in [0.4, 0.5) is 0 Å². The second kappa shape index (κ2) is 13.2. The van der Waals surface area contributed by atoms with Crippen LogP contribution in [0.2, 0.25) is 0 Å². The highest BCUT2D eigenvalue weighted by molar-refractivity contribution is 7.10. The van der Waals surface area contributed by atoms with Gasteiger partial charge in [0.15, 0.2) is 11.5 Å². The summed E-state index contributed by atoms with van der Waals surface area (Å²) in [7, 11) is 3.23. The van der Waals surface area contributed by atoms with Crippen LogP contribution in [0.3, 0.4) is 0 Å². The minimum Gasteiger partial charge on any atom is -0.493 e. The van der Waals surface area contributed by atoms with E-state index in [9.17, 15) is 9.59 Å². The average molecular weight is 475 g/mol. The lowest BCUT2D eigenvalue weighted by molar-refractivity contribution is -0.141. The van der Waals surface area contributed by atoms with Crippen molar-refractivity contribution in [2.75, 3.05) is 33.9 Å². The van der Waals surface area contributed by atoms with Crippen LogP contribution in [0, 0.1) is 12.8 Å². The Balaban J connectivity index is 2.19. The number of ether oxygens (including phenoxy) is 2. The van der Waals surface area contributed by atoms with E-state index in [4.69, 9.17) is 9.47 Å². The molecule has 0 N–H and O–H groups in total. The number of hydrogen-bond acceptors (Lipinski definition) is 5. The number of methoxy groups -OCH3 is 2. The van der Waals surface area contributed by atoms with Crippen LogP contribution >= 0.6 is 11.3 Å². The van der Waals surface area contributed by atoms with Gasteiger partial charge in [-0.2, -0.15) is 0 Å². The van der Waals surface area contributed by atoms with Crippen LogP contribution in [0.1, 0.15) is 49.6 Å². The summed E-state index contributed by atoms with van der Waals surface area (Å²) in [5, 5.41) is 2.05. The van der Waals surface area contributed by atoms with E-state index in [2.05, 4.69) is 32.2 Å². The summed E-state index contributed by atoms with van der Waals surface area (Å²) < 4.78 is 10.8. The molecular weight excluding hydrogens is 436 g/mol. The molecule has 0 bridgehead atoms. The fourth-order valence-corrected chi connectivity index (χ4v) is 4.58. The van der Waals surface area contributed by atoms with E-state index in [-0.39, 0.29) is 18.4 Å². The predicted octanol–water partition coefficient (Wildman–Crippen LogP) is 4.93. The SMILES string of the molecule is CCCC(=O)N(CC(=O)N(CCc1ccc(OC)c(OC)c1)Cc1sccc1C)CC(C)C. The Morgan fingerprint density at radius 3 is 2.33 bits per heavy atom. The van der Waals surface area contributed by atoms with Crippen molar-refractivity contribution in [1.82, 2.24) is 9.80 Å². The molecule has 0 aliphatic carbocycles. The Morgan fingerprint density at radius 1 is 1.03 bits per heavy atom. The lowest BCUT2D eigenvalue weighted by Gasteiger charge is -2.29. The molecule has 0 radical (unpaired) electrons. The molecule has 0 saturated carbocycles. The molecule has 7 heteroatoms. The summed E-state index contributed by atoms with van der Waals surface area (Å²) in [6.07, 6.45) is 1.93. The van der Waals surface area contributed by atoms with E-state index < -0.39 is 0 Å². The van der Waals surface area contributed by atoms with Crippen LogP contribution in [-0.4, -0.2) is 55.5 Å². The molecule has 1 heterocycles. The standard InChI is InChI=1S/C26H38N2O4S/c1-7-8-25(29)28(16-19(2)3)18-26(30)27(17-24-20(4)12-14-33-24)13-11-21-9-10-22(31-5)23(15-21)32-6/h9-10,12,14-15,19H,7-8,11,13,16-18H2,1-6H3. The second-order valence-corrected chi connectivity index (χ2v) is 9.70. The van der Waals surface area contributed by atoms with Gasteiger partial charge in [-0.25, -0.2) is 0 Å². The van der Waals surface area contributed by atoms with Crippen LogP contribution in [0.25, 0.3) is 0 Å². The number of rotatable bonds is 13. The minimum absolute atomic E-state index is 0.0200. The van der Waals surface area contributed by atoms with Crippen molar-refractivity contribution in [2.45, 2.75) is 53.5 Å². The van der Waals surface area contributed by atoms with Gasteiger partial charge in [-0.05, 0) is 60.4 Å². The zero-order valence-electron chi connectivity index (χ0n) is 20.8. The van der Waals surface area contributed by atoms with E-state index in [1.807, 2.05) is 30.0 Å². The number of hydrogen-bond donors (Lipinski definition) is 0. The van der Waals surface area contributed by atoms with Crippen molar-refractivity contribution in [3.05, 3.63) is 45.6 Å². The molecule has 0 atom stereocenters. The summed E-state index contributed by atoms with van der Waals surface area (Å²) in [6, 6.07) is 7.91. The number of aryl methyl sites for hydroxylation is 1. The van der Waals surface area contributed by atoms with Crippen LogP contribution < -0.4 is 9.47 Å². The molecule has 2 rings (SSSR count). The Labute approximate surface area is 202 Å². The first-order valence-electron chi connectivity index (χ1n) is 11.6. The highest BCUT2D eigenvalue weighted by Gasteiger charge is 2.22. The van der Waals surface area contributed by atoms with Gasteiger partial charge >= 0.3 is 0 Å². The third kappa shape index (κ3) is 8.07. The summed E-state index contributed by atoms with van der Waals surface area (Å²) in [5.74, 6) is 1.69. The summed E-state index contributed by atoms with van der Waals surface area (Å²) in [5.41, 5.74) is 2.25. The highest BCUT2D eigenvalue weighted by atomic mass is 32.1. The fraction of sp³-hybridized carbons (Fsp3) is 0.538. The maximum absolute atomic E-state index is 13.4. The lowest BCUT2D eigenvalue weighted by Crippen LogP contribution is -2.44. The Bertz CT molecular complexity index is 909. The average Bonchev–Trinajstić information content (AvgIpc) is 3.19. The number of amides is 2. The third-order valence-electron chi connectivity index (χ3n) is 5.50. The van der Waals surface area contributed by atoms with E-state index in [1.165, 1.54) is 10.4 Å². The van der Waals surface area contributed by atoms with Gasteiger partial charge in [0.25, 0.3) is 0 Å². The van der Waals surface area contributed by atoms with Gasteiger partial charge in [0, 0.05) is 24.4 Å². The molecule has 0 aliphatic heterocycles. The Morgan fingerprint density at radius 2 is 1.76 bits per heavy atom. The number of thiophene rings is 1. The molecule has 33 heavy (non-hydrogen) atoms. The highest BCUT2D eigenvalue weighted by Crippen LogP contribution is 2.28. The molecule has 0 spiro atoms. The van der Waals surface area contributed by atoms with Gasteiger partial charge in [-0.1, -0.05) is 26.8 Å². The topological polar surface area (TPSA) is 59.1 Å². The van der Waals surface area contributed by atoms with E-state index in [1.54, 1.807) is 30.5 Å². The third-order valence-corrected chi connectivity index (χ3v) is 6.51. The molecule has 1 aromatic carbocycles. The Hall–Kier alpha value is -2.54. The fourth-order valence-electron chi connectivity index (χ4n) is 3.66. The van der Waals surface area contributed by atoms with Gasteiger partial charge in [0.2, 0.25) is 11.8 Å².